The van der Waals surface area contributed by atoms with Crippen LogP contribution in [0.4, 0.5) is 0 Å². The van der Waals surface area contributed by atoms with Crippen molar-refractivity contribution in [1.82, 2.24) is 20.1 Å². The standard InChI is InChI=1S/C26H30N4O3/c1-26(2)16-29(14-17-6-4-3-5-7-17)13-12-19(26)20-9-8-18-21(27-20)15-30(25(18)33)22-10-11-23(31)28-24(22)32/h3-9,19,22H,10-16H2,1-2H3,(H,28,31,32). The number of fused-ring (bicyclic) bond motifs is 1. The van der Waals surface area contributed by atoms with Crippen molar-refractivity contribution >= 4 is 17.7 Å². The molecule has 2 aromatic rings. The zero-order valence-corrected chi connectivity index (χ0v) is 19.2. The average molecular weight is 447 g/mol. The Labute approximate surface area is 194 Å². The van der Waals surface area contributed by atoms with Gasteiger partial charge in [-0.15, -0.1) is 0 Å². The number of amides is 3. The number of benzene rings is 1. The molecular weight excluding hydrogens is 416 g/mol. The number of piperidine rings is 2. The van der Waals surface area contributed by atoms with Crippen LogP contribution in [0.1, 0.15) is 66.3 Å². The average Bonchev–Trinajstić information content (AvgIpc) is 3.09. The van der Waals surface area contributed by atoms with E-state index in [-0.39, 0.29) is 29.6 Å². The van der Waals surface area contributed by atoms with Gasteiger partial charge in [-0.25, -0.2) is 0 Å². The monoisotopic (exact) mass is 446 g/mol. The van der Waals surface area contributed by atoms with Gasteiger partial charge in [0.15, 0.2) is 0 Å². The highest BCUT2D eigenvalue weighted by molar-refractivity contribution is 6.05. The SMILES string of the molecule is CC1(C)CN(Cc2ccccc2)CCC1c1ccc2c(n1)CN(C1CCC(=O)NC1=O)C2=O. The molecule has 0 saturated carbocycles. The largest absolute Gasteiger partial charge is 0.321 e. The van der Waals surface area contributed by atoms with Crippen molar-refractivity contribution in [2.75, 3.05) is 13.1 Å². The van der Waals surface area contributed by atoms with E-state index >= 15 is 0 Å². The lowest BCUT2D eigenvalue weighted by atomic mass is 9.72. The summed E-state index contributed by atoms with van der Waals surface area (Å²) in [6.45, 7) is 7.84. The Morgan fingerprint density at radius 2 is 1.85 bits per heavy atom. The summed E-state index contributed by atoms with van der Waals surface area (Å²) in [7, 11) is 0. The molecule has 0 bridgehead atoms. The smallest absolute Gasteiger partial charge is 0.256 e. The molecule has 3 amide bonds. The van der Waals surface area contributed by atoms with Crippen LogP contribution in [0, 0.1) is 5.41 Å². The second-order valence-corrected chi connectivity index (χ2v) is 10.2. The Morgan fingerprint density at radius 1 is 1.06 bits per heavy atom. The van der Waals surface area contributed by atoms with Crippen LogP contribution in [0.15, 0.2) is 42.5 Å². The van der Waals surface area contributed by atoms with E-state index in [4.69, 9.17) is 4.98 Å². The van der Waals surface area contributed by atoms with Gasteiger partial charge in [-0.05, 0) is 42.5 Å². The van der Waals surface area contributed by atoms with Gasteiger partial charge >= 0.3 is 0 Å². The molecule has 1 N–H and O–H groups in total. The third kappa shape index (κ3) is 4.17. The number of aromatic nitrogens is 1. The van der Waals surface area contributed by atoms with Crippen LogP contribution in [0.25, 0.3) is 0 Å². The lowest BCUT2D eigenvalue weighted by Crippen LogP contribution is -2.52. The van der Waals surface area contributed by atoms with Crippen LogP contribution in [0.5, 0.6) is 0 Å². The van der Waals surface area contributed by atoms with Gasteiger partial charge in [-0.2, -0.15) is 0 Å². The van der Waals surface area contributed by atoms with Crippen molar-refractivity contribution in [1.29, 1.82) is 0 Å². The summed E-state index contributed by atoms with van der Waals surface area (Å²) < 4.78 is 0. The maximum Gasteiger partial charge on any atom is 0.256 e. The Morgan fingerprint density at radius 3 is 2.58 bits per heavy atom. The molecule has 2 atom stereocenters. The van der Waals surface area contributed by atoms with E-state index in [1.54, 1.807) is 4.90 Å². The van der Waals surface area contributed by atoms with Crippen LogP contribution in [0.2, 0.25) is 0 Å². The molecule has 7 heteroatoms. The number of nitrogens with one attached hydrogen (secondary N) is 1. The maximum absolute atomic E-state index is 13.0. The summed E-state index contributed by atoms with van der Waals surface area (Å²) in [4.78, 5) is 45.8. The summed E-state index contributed by atoms with van der Waals surface area (Å²) in [6.07, 6.45) is 1.63. The van der Waals surface area contributed by atoms with E-state index in [1.165, 1.54) is 5.56 Å². The Hall–Kier alpha value is -3.06. The molecule has 5 rings (SSSR count). The first-order valence-corrected chi connectivity index (χ1v) is 11.7. The molecule has 3 aliphatic rings. The predicted octanol–water partition coefficient (Wildman–Crippen LogP) is 2.86. The second-order valence-electron chi connectivity index (χ2n) is 10.2. The highest BCUT2D eigenvalue weighted by atomic mass is 16.2. The predicted molar refractivity (Wildman–Crippen MR) is 123 cm³/mol. The van der Waals surface area contributed by atoms with Crippen molar-refractivity contribution in [2.24, 2.45) is 5.41 Å². The summed E-state index contributed by atoms with van der Waals surface area (Å²) in [5.41, 5.74) is 3.71. The Balaban J connectivity index is 1.31. The maximum atomic E-state index is 13.0. The third-order valence-corrected chi connectivity index (χ3v) is 7.31. The van der Waals surface area contributed by atoms with Crippen LogP contribution >= 0.6 is 0 Å². The van der Waals surface area contributed by atoms with Crippen molar-refractivity contribution in [3.05, 3.63) is 65.0 Å². The molecule has 4 heterocycles. The van der Waals surface area contributed by atoms with Crippen molar-refractivity contribution in [3.63, 3.8) is 0 Å². The lowest BCUT2D eigenvalue weighted by molar-refractivity contribution is -0.136. The number of carbonyl (C=O) groups excluding carboxylic acids is 3. The van der Waals surface area contributed by atoms with Crippen molar-refractivity contribution in [2.45, 2.75) is 58.2 Å². The number of hydrogen-bond acceptors (Lipinski definition) is 5. The van der Waals surface area contributed by atoms with Gasteiger partial charge < -0.3 is 4.90 Å². The van der Waals surface area contributed by atoms with E-state index in [1.807, 2.05) is 18.2 Å². The molecule has 172 valence electrons. The number of carbonyl (C=O) groups is 3. The summed E-state index contributed by atoms with van der Waals surface area (Å²) in [5, 5.41) is 2.35. The first-order valence-electron chi connectivity index (χ1n) is 11.7. The number of nitrogens with zero attached hydrogens (tertiary/aromatic N) is 3. The van der Waals surface area contributed by atoms with Crippen LogP contribution in [0.3, 0.4) is 0 Å². The number of rotatable bonds is 4. The minimum absolute atomic E-state index is 0.0418. The highest BCUT2D eigenvalue weighted by Gasteiger charge is 2.41. The summed E-state index contributed by atoms with van der Waals surface area (Å²) >= 11 is 0. The Bertz CT molecular complexity index is 1100. The normalized spacial score (nSPS) is 25.2. The van der Waals surface area contributed by atoms with E-state index < -0.39 is 6.04 Å². The highest BCUT2D eigenvalue weighted by Crippen LogP contribution is 2.42. The first kappa shape index (κ1) is 21.8. The van der Waals surface area contributed by atoms with Crippen LogP contribution in [-0.2, 0) is 22.7 Å². The number of likely N-dealkylation sites (tertiary alicyclic amines) is 1. The lowest BCUT2D eigenvalue weighted by Gasteiger charge is -2.44. The minimum Gasteiger partial charge on any atom is -0.321 e. The van der Waals surface area contributed by atoms with Crippen LogP contribution < -0.4 is 5.32 Å². The Kier molecular flexibility index (Phi) is 5.52. The minimum atomic E-state index is -0.606. The number of pyridine rings is 1. The van der Waals surface area contributed by atoms with E-state index in [0.29, 0.717) is 24.4 Å². The molecule has 1 aromatic heterocycles. The molecule has 0 aliphatic carbocycles. The van der Waals surface area contributed by atoms with Crippen LogP contribution in [-0.4, -0.2) is 51.6 Å². The molecule has 3 aliphatic heterocycles. The fraction of sp³-hybridized carbons (Fsp3) is 0.462. The van der Waals surface area contributed by atoms with E-state index in [0.717, 1.165) is 37.4 Å². The molecule has 33 heavy (non-hydrogen) atoms. The van der Waals surface area contributed by atoms with Gasteiger partial charge in [0.2, 0.25) is 11.8 Å². The number of hydrogen-bond donors (Lipinski definition) is 1. The molecule has 1 aromatic carbocycles. The van der Waals surface area contributed by atoms with E-state index in [9.17, 15) is 14.4 Å². The zero-order valence-electron chi connectivity index (χ0n) is 19.2. The molecule has 7 nitrogen and oxygen atoms in total. The van der Waals surface area contributed by atoms with Gasteiger partial charge in [0.05, 0.1) is 17.8 Å². The van der Waals surface area contributed by atoms with Gasteiger partial charge in [-0.1, -0.05) is 44.2 Å². The molecule has 2 unspecified atom stereocenters. The fourth-order valence-corrected chi connectivity index (χ4v) is 5.64. The molecule has 2 saturated heterocycles. The molecule has 0 spiro atoms. The quantitative estimate of drug-likeness (QED) is 0.731. The number of imide groups is 1. The molecule has 0 radical (unpaired) electrons. The van der Waals surface area contributed by atoms with Gasteiger partial charge in [0, 0.05) is 31.1 Å². The van der Waals surface area contributed by atoms with E-state index in [2.05, 4.69) is 48.3 Å². The van der Waals surface area contributed by atoms with Gasteiger partial charge in [0.1, 0.15) is 6.04 Å². The topological polar surface area (TPSA) is 82.6 Å². The first-order chi connectivity index (χ1) is 15.8. The van der Waals surface area contributed by atoms with Crippen molar-refractivity contribution < 1.29 is 14.4 Å². The molecule has 2 fully saturated rings. The van der Waals surface area contributed by atoms with Gasteiger partial charge in [-0.3, -0.25) is 29.6 Å². The fourth-order valence-electron chi connectivity index (χ4n) is 5.64. The van der Waals surface area contributed by atoms with Gasteiger partial charge in [0.25, 0.3) is 5.91 Å². The molecular formula is C26H30N4O3. The summed E-state index contributed by atoms with van der Waals surface area (Å²) in [6, 6.07) is 13.8. The second kappa shape index (κ2) is 8.37. The third-order valence-electron chi connectivity index (χ3n) is 7.31. The van der Waals surface area contributed by atoms with Crippen molar-refractivity contribution in [3.8, 4) is 0 Å². The summed E-state index contributed by atoms with van der Waals surface area (Å²) in [5.74, 6) is -0.536. The zero-order chi connectivity index (χ0) is 23.2.